The molecule has 0 amide bonds. The maximum atomic E-state index is 12.6. The van der Waals surface area contributed by atoms with Gasteiger partial charge in [-0.3, -0.25) is 0 Å². The molecule has 2 atom stereocenters. The highest BCUT2D eigenvalue weighted by Gasteiger charge is 2.51. The zero-order valence-corrected chi connectivity index (χ0v) is 10.2. The van der Waals surface area contributed by atoms with Gasteiger partial charge in [-0.05, 0) is 30.4 Å². The molecule has 0 aliphatic carbocycles. The maximum absolute atomic E-state index is 12.6. The van der Waals surface area contributed by atoms with Crippen molar-refractivity contribution >= 4 is 0 Å². The van der Waals surface area contributed by atoms with Crippen molar-refractivity contribution in [3.05, 3.63) is 35.4 Å². The summed E-state index contributed by atoms with van der Waals surface area (Å²) in [5.41, 5.74) is -1.94. The van der Waals surface area contributed by atoms with Crippen LogP contribution in [0.3, 0.4) is 0 Å². The maximum Gasteiger partial charge on any atom is 0.421 e. The molecule has 96 valence electrons. The standard InChI is InChI=1S/C13H17F3O/c1-4-9(2)10-5-7-11(8-6-10)12(3,17)13(14,15)16/h5-9,17H,4H2,1-3H3. The second-order valence-electron chi connectivity index (χ2n) is 4.50. The minimum absolute atomic E-state index is 0.128. The summed E-state index contributed by atoms with van der Waals surface area (Å²) in [6.07, 6.45) is -3.74. The van der Waals surface area contributed by atoms with Gasteiger partial charge < -0.3 is 5.11 Å². The van der Waals surface area contributed by atoms with E-state index < -0.39 is 11.8 Å². The fraction of sp³-hybridized carbons (Fsp3) is 0.538. The number of hydrogen-bond donors (Lipinski definition) is 1. The van der Waals surface area contributed by atoms with Crippen molar-refractivity contribution in [3.8, 4) is 0 Å². The zero-order chi connectivity index (χ0) is 13.3. The Morgan fingerprint density at radius 3 is 2.00 bits per heavy atom. The van der Waals surface area contributed by atoms with Gasteiger partial charge in [0.1, 0.15) is 0 Å². The van der Waals surface area contributed by atoms with E-state index in [2.05, 4.69) is 0 Å². The molecular formula is C13H17F3O. The van der Waals surface area contributed by atoms with E-state index >= 15 is 0 Å². The third kappa shape index (κ3) is 2.80. The Morgan fingerprint density at radius 2 is 1.65 bits per heavy atom. The van der Waals surface area contributed by atoms with Gasteiger partial charge >= 0.3 is 6.18 Å². The SMILES string of the molecule is CCC(C)c1ccc(C(C)(O)C(F)(F)F)cc1. The molecule has 1 N–H and O–H groups in total. The Hall–Kier alpha value is -1.03. The fourth-order valence-corrected chi connectivity index (χ4v) is 1.54. The minimum atomic E-state index is -4.66. The highest BCUT2D eigenvalue weighted by molar-refractivity contribution is 5.29. The Kier molecular flexibility index (Phi) is 3.87. The highest BCUT2D eigenvalue weighted by Crippen LogP contribution is 2.38. The Balaban J connectivity index is 3.03. The van der Waals surface area contributed by atoms with E-state index in [0.29, 0.717) is 5.92 Å². The van der Waals surface area contributed by atoms with Crippen LogP contribution in [0.1, 0.15) is 44.2 Å². The molecule has 1 rings (SSSR count). The summed E-state index contributed by atoms with van der Waals surface area (Å²) >= 11 is 0. The van der Waals surface area contributed by atoms with Crippen LogP contribution in [0.25, 0.3) is 0 Å². The number of alkyl halides is 3. The van der Waals surface area contributed by atoms with Crippen LogP contribution in [0.15, 0.2) is 24.3 Å². The van der Waals surface area contributed by atoms with Gasteiger partial charge in [-0.1, -0.05) is 38.1 Å². The normalized spacial score (nSPS) is 17.6. The highest BCUT2D eigenvalue weighted by atomic mass is 19.4. The van der Waals surface area contributed by atoms with E-state index in [4.69, 9.17) is 0 Å². The smallest absolute Gasteiger partial charge is 0.376 e. The quantitative estimate of drug-likeness (QED) is 0.855. The second kappa shape index (κ2) is 4.69. The van der Waals surface area contributed by atoms with Crippen molar-refractivity contribution in [1.29, 1.82) is 0 Å². The van der Waals surface area contributed by atoms with Crippen molar-refractivity contribution < 1.29 is 18.3 Å². The lowest BCUT2D eigenvalue weighted by Crippen LogP contribution is -2.39. The van der Waals surface area contributed by atoms with Gasteiger partial charge in [0.25, 0.3) is 0 Å². The Labute approximate surface area is 99.3 Å². The third-order valence-electron chi connectivity index (χ3n) is 3.21. The van der Waals surface area contributed by atoms with E-state index in [-0.39, 0.29) is 5.56 Å². The van der Waals surface area contributed by atoms with Crippen molar-refractivity contribution in [1.82, 2.24) is 0 Å². The molecule has 0 aromatic heterocycles. The van der Waals surface area contributed by atoms with E-state index in [1.165, 1.54) is 12.1 Å². The molecule has 2 unspecified atom stereocenters. The predicted octanol–water partition coefficient (Wildman–Crippen LogP) is 3.97. The van der Waals surface area contributed by atoms with Crippen molar-refractivity contribution in [2.75, 3.05) is 0 Å². The van der Waals surface area contributed by atoms with Gasteiger partial charge in [0.05, 0.1) is 0 Å². The van der Waals surface area contributed by atoms with Crippen LogP contribution >= 0.6 is 0 Å². The molecule has 1 aromatic carbocycles. The molecule has 0 aliphatic heterocycles. The lowest BCUT2D eigenvalue weighted by Gasteiger charge is -2.27. The summed E-state index contributed by atoms with van der Waals surface area (Å²) in [5.74, 6) is 0.305. The summed E-state index contributed by atoms with van der Waals surface area (Å²) in [4.78, 5) is 0. The predicted molar refractivity (Wildman–Crippen MR) is 60.8 cm³/mol. The Bertz CT molecular complexity index is 365. The topological polar surface area (TPSA) is 20.2 Å². The summed E-state index contributed by atoms with van der Waals surface area (Å²) in [6, 6.07) is 5.97. The average molecular weight is 246 g/mol. The minimum Gasteiger partial charge on any atom is -0.376 e. The number of benzene rings is 1. The number of halogens is 3. The first-order valence-corrected chi connectivity index (χ1v) is 5.59. The van der Waals surface area contributed by atoms with Crippen LogP contribution in [0, 0.1) is 0 Å². The first kappa shape index (κ1) is 14.0. The van der Waals surface area contributed by atoms with Crippen molar-refractivity contribution in [2.45, 2.75) is 44.9 Å². The van der Waals surface area contributed by atoms with Crippen LogP contribution in [-0.2, 0) is 5.60 Å². The van der Waals surface area contributed by atoms with Crippen LogP contribution in [0.5, 0.6) is 0 Å². The molecule has 0 spiro atoms. The first-order chi connectivity index (χ1) is 7.70. The van der Waals surface area contributed by atoms with Crippen LogP contribution in [0.4, 0.5) is 13.2 Å². The zero-order valence-electron chi connectivity index (χ0n) is 10.2. The molecule has 0 radical (unpaired) electrons. The van der Waals surface area contributed by atoms with E-state index in [1.807, 2.05) is 13.8 Å². The average Bonchev–Trinajstić information content (AvgIpc) is 2.26. The molecular weight excluding hydrogens is 229 g/mol. The molecule has 17 heavy (non-hydrogen) atoms. The van der Waals surface area contributed by atoms with Gasteiger partial charge in [0.15, 0.2) is 5.60 Å². The number of hydrogen-bond acceptors (Lipinski definition) is 1. The molecule has 1 nitrogen and oxygen atoms in total. The van der Waals surface area contributed by atoms with Crippen LogP contribution in [-0.4, -0.2) is 11.3 Å². The number of aliphatic hydroxyl groups is 1. The molecule has 0 saturated carbocycles. The molecule has 0 saturated heterocycles. The van der Waals surface area contributed by atoms with Crippen molar-refractivity contribution in [3.63, 3.8) is 0 Å². The second-order valence-corrected chi connectivity index (χ2v) is 4.50. The largest absolute Gasteiger partial charge is 0.421 e. The summed E-state index contributed by atoms with van der Waals surface area (Å²) < 4.78 is 37.8. The van der Waals surface area contributed by atoms with E-state index in [1.54, 1.807) is 12.1 Å². The fourth-order valence-electron chi connectivity index (χ4n) is 1.54. The summed E-state index contributed by atoms with van der Waals surface area (Å²) in [6.45, 7) is 4.80. The first-order valence-electron chi connectivity index (χ1n) is 5.59. The molecule has 4 heteroatoms. The van der Waals surface area contributed by atoms with Gasteiger partial charge in [-0.25, -0.2) is 0 Å². The summed E-state index contributed by atoms with van der Waals surface area (Å²) in [7, 11) is 0. The van der Waals surface area contributed by atoms with E-state index in [0.717, 1.165) is 18.9 Å². The Morgan fingerprint density at radius 1 is 1.18 bits per heavy atom. The van der Waals surface area contributed by atoms with Crippen LogP contribution < -0.4 is 0 Å². The lowest BCUT2D eigenvalue weighted by atomic mass is 9.91. The van der Waals surface area contributed by atoms with Gasteiger partial charge in [0.2, 0.25) is 0 Å². The molecule has 0 heterocycles. The van der Waals surface area contributed by atoms with E-state index in [9.17, 15) is 18.3 Å². The molecule has 0 aliphatic rings. The van der Waals surface area contributed by atoms with Gasteiger partial charge in [0, 0.05) is 0 Å². The molecule has 1 aromatic rings. The molecule has 0 bridgehead atoms. The van der Waals surface area contributed by atoms with Crippen LogP contribution in [0.2, 0.25) is 0 Å². The monoisotopic (exact) mass is 246 g/mol. The lowest BCUT2D eigenvalue weighted by molar-refractivity contribution is -0.258. The van der Waals surface area contributed by atoms with Gasteiger partial charge in [-0.15, -0.1) is 0 Å². The molecule has 0 fully saturated rings. The summed E-state index contributed by atoms with van der Waals surface area (Å²) in [5, 5.41) is 9.48. The number of rotatable bonds is 3. The third-order valence-corrected chi connectivity index (χ3v) is 3.21. The van der Waals surface area contributed by atoms with Gasteiger partial charge in [-0.2, -0.15) is 13.2 Å². The van der Waals surface area contributed by atoms with Crippen molar-refractivity contribution in [2.24, 2.45) is 0 Å².